The van der Waals surface area contributed by atoms with Gasteiger partial charge in [-0.1, -0.05) is 48.5 Å². The van der Waals surface area contributed by atoms with Crippen LogP contribution in [-0.2, 0) is 11.3 Å². The molecule has 1 fully saturated rings. The number of carbonyl (C=O) groups excluding carboxylic acids is 2. The van der Waals surface area contributed by atoms with E-state index in [1.165, 1.54) is 0 Å². The number of benzene rings is 2. The van der Waals surface area contributed by atoms with Crippen molar-refractivity contribution in [2.75, 3.05) is 18.4 Å². The highest BCUT2D eigenvalue weighted by Gasteiger charge is 2.27. The molecular formula is C27H33N5O3. The summed E-state index contributed by atoms with van der Waals surface area (Å²) in [6.45, 7) is 8.09. The fourth-order valence-corrected chi connectivity index (χ4v) is 4.23. The maximum atomic E-state index is 13.0. The predicted molar refractivity (Wildman–Crippen MR) is 135 cm³/mol. The molecule has 1 atom stereocenters. The number of hydrogen-bond donors (Lipinski definition) is 2. The molecule has 2 aromatic carbocycles. The minimum atomic E-state index is -0.172. The Morgan fingerprint density at radius 3 is 2.57 bits per heavy atom. The Morgan fingerprint density at radius 2 is 1.83 bits per heavy atom. The molecule has 1 unspecified atom stereocenters. The van der Waals surface area contributed by atoms with Gasteiger partial charge in [0.1, 0.15) is 0 Å². The predicted octanol–water partition coefficient (Wildman–Crippen LogP) is 4.42. The summed E-state index contributed by atoms with van der Waals surface area (Å²) in [6, 6.07) is 15.2. The van der Waals surface area contributed by atoms with Gasteiger partial charge in [0, 0.05) is 17.5 Å². The quantitative estimate of drug-likeness (QED) is 0.500. The number of para-hydroxylation sites is 1. The molecule has 8 heteroatoms. The smallest absolute Gasteiger partial charge is 0.253 e. The minimum Gasteiger partial charge on any atom is -0.350 e. The van der Waals surface area contributed by atoms with Crippen molar-refractivity contribution < 1.29 is 14.1 Å². The summed E-state index contributed by atoms with van der Waals surface area (Å²) in [6.07, 6.45) is 2.30. The average Bonchev–Trinajstić information content (AvgIpc) is 3.33. The van der Waals surface area contributed by atoms with Crippen molar-refractivity contribution in [1.29, 1.82) is 0 Å². The van der Waals surface area contributed by atoms with Gasteiger partial charge < -0.3 is 15.2 Å². The molecule has 3 aromatic rings. The second kappa shape index (κ2) is 11.3. The molecule has 1 saturated heterocycles. The van der Waals surface area contributed by atoms with E-state index in [1.807, 2.05) is 57.2 Å². The van der Waals surface area contributed by atoms with Crippen LogP contribution in [0.15, 0.2) is 53.1 Å². The largest absolute Gasteiger partial charge is 0.350 e. The second-order valence-corrected chi connectivity index (χ2v) is 9.19. The molecule has 1 aliphatic heterocycles. The van der Waals surface area contributed by atoms with Crippen LogP contribution in [0.3, 0.4) is 0 Å². The summed E-state index contributed by atoms with van der Waals surface area (Å²) < 4.78 is 5.48. The number of carbonyl (C=O) groups is 2. The van der Waals surface area contributed by atoms with Crippen molar-refractivity contribution in [3.63, 3.8) is 0 Å². The molecule has 2 heterocycles. The number of aryl methyl sites for hydroxylation is 1. The molecular weight excluding hydrogens is 442 g/mol. The van der Waals surface area contributed by atoms with E-state index in [9.17, 15) is 9.59 Å². The second-order valence-electron chi connectivity index (χ2n) is 9.19. The number of anilines is 1. The van der Waals surface area contributed by atoms with Crippen LogP contribution in [0, 0.1) is 12.8 Å². The molecule has 0 spiro atoms. The van der Waals surface area contributed by atoms with Gasteiger partial charge in [-0.05, 0) is 63.9 Å². The van der Waals surface area contributed by atoms with Crippen LogP contribution in [0.2, 0.25) is 0 Å². The Morgan fingerprint density at radius 1 is 1.11 bits per heavy atom. The Kier molecular flexibility index (Phi) is 7.92. The van der Waals surface area contributed by atoms with Gasteiger partial charge in [-0.25, -0.2) is 0 Å². The van der Waals surface area contributed by atoms with Crippen LogP contribution < -0.4 is 10.6 Å². The van der Waals surface area contributed by atoms with Gasteiger partial charge in [-0.3, -0.25) is 14.5 Å². The fourth-order valence-electron chi connectivity index (χ4n) is 4.23. The van der Waals surface area contributed by atoms with Crippen molar-refractivity contribution in [2.24, 2.45) is 5.92 Å². The van der Waals surface area contributed by atoms with Gasteiger partial charge in [0.2, 0.25) is 17.6 Å². The van der Waals surface area contributed by atoms with E-state index < -0.39 is 0 Å². The lowest BCUT2D eigenvalue weighted by Gasteiger charge is -2.30. The van der Waals surface area contributed by atoms with Crippen molar-refractivity contribution >= 4 is 17.5 Å². The summed E-state index contributed by atoms with van der Waals surface area (Å²) in [5, 5.41) is 10.1. The summed E-state index contributed by atoms with van der Waals surface area (Å²) in [5.74, 6) is 0.848. The number of likely N-dealkylation sites (tertiary alicyclic amines) is 1. The number of amides is 2. The number of hydrogen-bond acceptors (Lipinski definition) is 6. The summed E-state index contributed by atoms with van der Waals surface area (Å²) in [5.41, 5.74) is 3.11. The van der Waals surface area contributed by atoms with Gasteiger partial charge in [0.25, 0.3) is 5.91 Å². The highest BCUT2D eigenvalue weighted by Crippen LogP contribution is 2.24. The molecule has 2 N–H and O–H groups in total. The van der Waals surface area contributed by atoms with Gasteiger partial charge in [-0.2, -0.15) is 4.98 Å². The number of piperidine rings is 1. The molecule has 184 valence electrons. The van der Waals surface area contributed by atoms with E-state index >= 15 is 0 Å². The summed E-state index contributed by atoms with van der Waals surface area (Å²) in [4.78, 5) is 32.4. The Hall–Kier alpha value is -3.52. The first-order valence-electron chi connectivity index (χ1n) is 12.3. The van der Waals surface area contributed by atoms with Gasteiger partial charge in [-0.15, -0.1) is 0 Å². The standard InChI is InChI=1S/C27H33N5O3/c1-4-19(3)28-27(34)22-11-7-8-12-23(22)29-26(33)20-13-15-32(16-14-20)17-24-30-25(31-35-24)21-10-6-5-9-18(21)2/h5-12,19-20H,4,13-17H2,1-3H3,(H,28,34)(H,29,33). The van der Waals surface area contributed by atoms with Crippen LogP contribution >= 0.6 is 0 Å². The molecule has 1 aromatic heterocycles. The number of aromatic nitrogens is 2. The third-order valence-electron chi connectivity index (χ3n) is 6.59. The molecule has 2 amide bonds. The zero-order valence-electron chi connectivity index (χ0n) is 20.6. The zero-order valence-corrected chi connectivity index (χ0v) is 20.6. The van der Waals surface area contributed by atoms with Crippen LogP contribution in [0.1, 0.15) is 54.9 Å². The first-order chi connectivity index (χ1) is 16.9. The summed E-state index contributed by atoms with van der Waals surface area (Å²) >= 11 is 0. The Bertz CT molecular complexity index is 1170. The lowest BCUT2D eigenvalue weighted by atomic mass is 9.95. The molecule has 35 heavy (non-hydrogen) atoms. The van der Waals surface area contributed by atoms with E-state index in [2.05, 4.69) is 25.7 Å². The molecule has 8 nitrogen and oxygen atoms in total. The van der Waals surface area contributed by atoms with E-state index in [1.54, 1.807) is 12.1 Å². The van der Waals surface area contributed by atoms with Crippen molar-refractivity contribution in [3.8, 4) is 11.4 Å². The molecule has 0 saturated carbocycles. The highest BCUT2D eigenvalue weighted by molar-refractivity contribution is 6.04. The molecule has 0 aliphatic carbocycles. The highest BCUT2D eigenvalue weighted by atomic mass is 16.5. The Balaban J connectivity index is 1.31. The third-order valence-corrected chi connectivity index (χ3v) is 6.59. The molecule has 1 aliphatic rings. The lowest BCUT2D eigenvalue weighted by molar-refractivity contribution is -0.121. The van der Waals surface area contributed by atoms with Crippen molar-refractivity contribution in [3.05, 3.63) is 65.5 Å². The maximum Gasteiger partial charge on any atom is 0.253 e. The van der Waals surface area contributed by atoms with E-state index in [0.29, 0.717) is 29.5 Å². The topological polar surface area (TPSA) is 100 Å². The average molecular weight is 476 g/mol. The first kappa shape index (κ1) is 24.6. The Labute approximate surface area is 206 Å². The van der Waals surface area contributed by atoms with Crippen molar-refractivity contribution in [2.45, 2.75) is 52.6 Å². The SMILES string of the molecule is CCC(C)NC(=O)c1ccccc1NC(=O)C1CCN(Cc2nc(-c3ccccc3C)no2)CC1. The van der Waals surface area contributed by atoms with Gasteiger partial charge >= 0.3 is 0 Å². The van der Waals surface area contributed by atoms with Gasteiger partial charge in [0.15, 0.2) is 0 Å². The van der Waals surface area contributed by atoms with Crippen LogP contribution in [0.4, 0.5) is 5.69 Å². The molecule has 0 bridgehead atoms. The van der Waals surface area contributed by atoms with Crippen LogP contribution in [0.5, 0.6) is 0 Å². The van der Waals surface area contributed by atoms with Gasteiger partial charge in [0.05, 0.1) is 17.8 Å². The first-order valence-corrected chi connectivity index (χ1v) is 12.3. The van der Waals surface area contributed by atoms with Crippen LogP contribution in [-0.4, -0.2) is 46.0 Å². The normalized spacial score (nSPS) is 15.5. The molecule has 4 rings (SSSR count). The minimum absolute atomic E-state index is 0.0481. The monoisotopic (exact) mass is 475 g/mol. The number of rotatable bonds is 8. The molecule has 0 radical (unpaired) electrons. The summed E-state index contributed by atoms with van der Waals surface area (Å²) in [7, 11) is 0. The third kappa shape index (κ3) is 6.14. The zero-order chi connectivity index (χ0) is 24.8. The van der Waals surface area contributed by atoms with E-state index in [-0.39, 0.29) is 23.8 Å². The maximum absolute atomic E-state index is 13.0. The van der Waals surface area contributed by atoms with E-state index in [4.69, 9.17) is 4.52 Å². The number of nitrogens with zero attached hydrogens (tertiary/aromatic N) is 3. The lowest BCUT2D eigenvalue weighted by Crippen LogP contribution is -2.38. The van der Waals surface area contributed by atoms with E-state index in [0.717, 1.165) is 43.5 Å². The van der Waals surface area contributed by atoms with Crippen LogP contribution in [0.25, 0.3) is 11.4 Å². The van der Waals surface area contributed by atoms with Crippen molar-refractivity contribution in [1.82, 2.24) is 20.4 Å². The number of nitrogens with one attached hydrogen (secondary N) is 2. The fraction of sp³-hybridized carbons (Fsp3) is 0.407.